The lowest BCUT2D eigenvalue weighted by Crippen LogP contribution is -2.26. The van der Waals surface area contributed by atoms with E-state index in [1.807, 2.05) is 18.2 Å². The highest BCUT2D eigenvalue weighted by Crippen LogP contribution is 2.45. The van der Waals surface area contributed by atoms with Crippen LogP contribution in [0, 0.1) is 17.1 Å². The molecule has 2 aromatic heterocycles. The van der Waals surface area contributed by atoms with Crippen molar-refractivity contribution < 1.29 is 37.1 Å². The molecular weight excluding hydrogens is 664 g/mol. The van der Waals surface area contributed by atoms with Gasteiger partial charge in [0.25, 0.3) is 0 Å². The molecule has 1 aliphatic rings. The van der Waals surface area contributed by atoms with E-state index in [-0.39, 0.29) is 43.7 Å². The summed E-state index contributed by atoms with van der Waals surface area (Å²) in [6.07, 6.45) is 16.0. The van der Waals surface area contributed by atoms with Crippen molar-refractivity contribution in [2.24, 2.45) is 0 Å². The Bertz CT molecular complexity index is 1540. The third kappa shape index (κ3) is 13.3. The van der Waals surface area contributed by atoms with Gasteiger partial charge in [0.1, 0.15) is 29.9 Å². The Kier molecular flexibility index (Phi) is 17.1. The van der Waals surface area contributed by atoms with Crippen LogP contribution in [0.15, 0.2) is 36.7 Å². The van der Waals surface area contributed by atoms with E-state index in [9.17, 15) is 13.8 Å². The summed E-state index contributed by atoms with van der Waals surface area (Å²) in [5, 5.41) is 13.3. The number of phosphoric acid groups is 1. The van der Waals surface area contributed by atoms with Crippen LogP contribution in [0.3, 0.4) is 0 Å². The molecule has 50 heavy (non-hydrogen) atoms. The summed E-state index contributed by atoms with van der Waals surface area (Å²) in [5.41, 5.74) is 7.87. The Morgan fingerprint density at radius 3 is 2.46 bits per heavy atom. The van der Waals surface area contributed by atoms with Crippen molar-refractivity contribution in [1.82, 2.24) is 14.6 Å². The minimum atomic E-state index is -4.48. The number of fused-ring (bicyclic) bond motifs is 1. The van der Waals surface area contributed by atoms with E-state index in [0.29, 0.717) is 30.8 Å². The highest BCUT2D eigenvalue weighted by atomic mass is 31.2. The van der Waals surface area contributed by atoms with Crippen LogP contribution in [0.4, 0.5) is 10.2 Å². The van der Waals surface area contributed by atoms with Crippen LogP contribution in [0.1, 0.15) is 120 Å². The molecule has 4 rings (SSSR count). The second-order valence-corrected chi connectivity index (χ2v) is 14.4. The van der Waals surface area contributed by atoms with Gasteiger partial charge in [0, 0.05) is 12.2 Å². The topological polar surface area (TPSA) is 163 Å². The number of nitrogens with zero attached hydrogens (tertiary/aromatic N) is 4. The van der Waals surface area contributed by atoms with Gasteiger partial charge in [-0.05, 0) is 43.5 Å². The smallest absolute Gasteiger partial charge is 0.382 e. The number of nitriles is 1. The molecule has 4 atom stereocenters. The average Bonchev–Trinajstić information content (AvgIpc) is 3.77. The summed E-state index contributed by atoms with van der Waals surface area (Å²) in [6.45, 7) is 2.24. The number of phosphoric ester groups is 1. The van der Waals surface area contributed by atoms with Crippen molar-refractivity contribution in [3.8, 4) is 6.07 Å². The lowest BCUT2D eigenvalue weighted by atomic mass is 10.1. The van der Waals surface area contributed by atoms with Gasteiger partial charge in [0.2, 0.25) is 0 Å². The number of hydrogen-bond acceptors (Lipinski definition) is 10. The van der Waals surface area contributed by atoms with Crippen LogP contribution in [-0.2, 0) is 34.4 Å². The molecule has 3 aromatic rings. The van der Waals surface area contributed by atoms with Crippen LogP contribution < -0.4 is 5.73 Å². The summed E-state index contributed by atoms with van der Waals surface area (Å²) >= 11 is 0. The van der Waals surface area contributed by atoms with Crippen LogP contribution in [0.2, 0.25) is 0 Å². The fourth-order valence-electron chi connectivity index (χ4n) is 6.00. The van der Waals surface area contributed by atoms with E-state index in [4.69, 9.17) is 34.3 Å². The zero-order valence-corrected chi connectivity index (χ0v) is 30.1. The number of nitrogens with two attached hydrogens (primary N) is 1. The molecule has 0 saturated carbocycles. The quantitative estimate of drug-likeness (QED) is 0.0645. The van der Waals surface area contributed by atoms with Gasteiger partial charge in [-0.3, -0.25) is 9.05 Å². The molecule has 1 fully saturated rings. The lowest BCUT2D eigenvalue weighted by molar-refractivity contribution is -0.0535. The summed E-state index contributed by atoms with van der Waals surface area (Å²) in [4.78, 5) is 14.5. The van der Waals surface area contributed by atoms with Crippen molar-refractivity contribution in [1.29, 1.82) is 5.26 Å². The minimum Gasteiger partial charge on any atom is -0.382 e. The average molecular weight is 718 g/mol. The molecule has 0 bridgehead atoms. The van der Waals surface area contributed by atoms with Gasteiger partial charge in [-0.1, -0.05) is 83.6 Å². The molecule has 0 spiro atoms. The number of nitrogen functional groups attached to an aromatic ring is 1. The molecule has 0 radical (unpaired) electrons. The first-order chi connectivity index (χ1) is 24.3. The Morgan fingerprint density at radius 1 is 1.04 bits per heavy atom. The first-order valence-electron chi connectivity index (χ1n) is 18.0. The fourth-order valence-corrected chi connectivity index (χ4v) is 6.78. The van der Waals surface area contributed by atoms with E-state index >= 15 is 0 Å². The highest BCUT2D eigenvalue weighted by Gasteiger charge is 2.32. The summed E-state index contributed by atoms with van der Waals surface area (Å²) in [6, 6.07) is 9.73. The van der Waals surface area contributed by atoms with E-state index in [2.05, 4.69) is 17.0 Å². The van der Waals surface area contributed by atoms with Gasteiger partial charge in [0.05, 0.1) is 49.9 Å². The fraction of sp³-hybridized carbons (Fsp3) is 0.639. The van der Waals surface area contributed by atoms with Crippen LogP contribution in [-0.4, -0.2) is 58.1 Å². The predicted octanol–water partition coefficient (Wildman–Crippen LogP) is 7.98. The number of unbranched alkanes of at least 4 members (excludes halogenated alkanes) is 11. The molecule has 1 aromatic carbocycles. The van der Waals surface area contributed by atoms with Gasteiger partial charge in [-0.15, -0.1) is 0 Å². The van der Waals surface area contributed by atoms with Crippen LogP contribution in [0.25, 0.3) is 5.52 Å². The molecular formula is C36H53FN5O7P. The van der Waals surface area contributed by atoms with Gasteiger partial charge < -0.3 is 24.8 Å². The summed E-state index contributed by atoms with van der Waals surface area (Å²) < 4.78 is 57.4. The maximum Gasteiger partial charge on any atom is 0.472 e. The first-order valence-corrected chi connectivity index (χ1v) is 19.5. The molecule has 12 nitrogen and oxygen atoms in total. The maximum absolute atomic E-state index is 14.5. The number of hydrogen-bond donors (Lipinski definition) is 2. The predicted molar refractivity (Wildman–Crippen MR) is 188 cm³/mol. The lowest BCUT2D eigenvalue weighted by Gasteiger charge is -2.21. The van der Waals surface area contributed by atoms with E-state index in [1.54, 1.807) is 4.52 Å². The molecule has 3 heterocycles. The molecule has 3 N–H and O–H groups in total. The number of aromatic nitrogens is 3. The molecule has 0 aliphatic carbocycles. The molecule has 1 aliphatic heterocycles. The number of benzene rings is 1. The molecule has 1 saturated heterocycles. The third-order valence-electron chi connectivity index (χ3n) is 8.90. The number of ether oxygens (including phenoxy) is 3. The van der Waals surface area contributed by atoms with Gasteiger partial charge in [-0.25, -0.2) is 18.5 Å². The summed E-state index contributed by atoms with van der Waals surface area (Å²) in [5.74, 6) is -0.210. The second kappa shape index (κ2) is 21.4. The Hall–Kier alpha value is -2.95. The standard InChI is InChI=1S/C36H53FN5O7P/c1-2-3-4-5-6-7-8-9-10-11-12-13-20-45-24-31(46-23-29-15-14-28(22-38)21-32(29)37)26-48-50(43,44)47-25-30-16-19-35(49-30)33-17-18-34-36(39)40-27-41-42(33)34/h14-15,17-18,21,27,30-31,35H,2-13,16,19-20,23-26H2,1H3,(H,43,44)(H2,39,40,41). The van der Waals surface area contributed by atoms with Crippen molar-refractivity contribution in [2.45, 2.75) is 122 Å². The van der Waals surface area contributed by atoms with Gasteiger partial charge in [-0.2, -0.15) is 10.4 Å². The van der Waals surface area contributed by atoms with E-state index in [1.165, 1.54) is 76.2 Å². The maximum atomic E-state index is 14.5. The Balaban J connectivity index is 1.18. The third-order valence-corrected chi connectivity index (χ3v) is 9.85. The van der Waals surface area contributed by atoms with Gasteiger partial charge in [0.15, 0.2) is 5.82 Å². The SMILES string of the molecule is CCCCCCCCCCCCCCOCC(COP(=O)(O)OCC1CCC(c2ccc3c(N)ncnn23)O1)OCc1ccc(C#N)cc1F. The molecule has 0 amide bonds. The largest absolute Gasteiger partial charge is 0.472 e. The Morgan fingerprint density at radius 2 is 1.76 bits per heavy atom. The van der Waals surface area contributed by atoms with E-state index < -0.39 is 25.8 Å². The van der Waals surface area contributed by atoms with Crippen molar-refractivity contribution in [3.63, 3.8) is 0 Å². The van der Waals surface area contributed by atoms with Gasteiger partial charge >= 0.3 is 7.82 Å². The zero-order chi connectivity index (χ0) is 35.6. The number of halogens is 1. The van der Waals surface area contributed by atoms with Crippen LogP contribution in [0.5, 0.6) is 0 Å². The molecule has 14 heteroatoms. The highest BCUT2D eigenvalue weighted by molar-refractivity contribution is 7.47. The van der Waals surface area contributed by atoms with Crippen molar-refractivity contribution in [2.75, 3.05) is 32.2 Å². The molecule has 276 valence electrons. The number of rotatable bonds is 25. The van der Waals surface area contributed by atoms with E-state index in [0.717, 1.165) is 31.0 Å². The van der Waals surface area contributed by atoms with Crippen LogP contribution >= 0.6 is 7.82 Å². The molecule has 4 unspecified atom stereocenters. The summed E-state index contributed by atoms with van der Waals surface area (Å²) in [7, 11) is -4.48. The minimum absolute atomic E-state index is 0.0860. The van der Waals surface area contributed by atoms with Crippen molar-refractivity contribution >= 4 is 19.2 Å². The first kappa shape index (κ1) is 39.8. The Labute approximate surface area is 295 Å². The zero-order valence-electron chi connectivity index (χ0n) is 29.2. The monoisotopic (exact) mass is 717 g/mol. The number of anilines is 1. The second-order valence-electron chi connectivity index (χ2n) is 12.9. The normalized spacial score (nSPS) is 18.0. The van der Waals surface area contributed by atoms with Crippen molar-refractivity contribution in [3.05, 3.63) is 59.3 Å².